The molecule has 1 aromatic heterocycles. The van der Waals surface area contributed by atoms with Gasteiger partial charge >= 0.3 is 0 Å². The van der Waals surface area contributed by atoms with Gasteiger partial charge in [0.1, 0.15) is 5.82 Å². The molecule has 18 heavy (non-hydrogen) atoms. The Bertz CT molecular complexity index is 561. The molecule has 1 heterocycles. The highest BCUT2D eigenvalue weighted by Gasteiger charge is 2.25. The zero-order chi connectivity index (χ0) is 12.0. The first-order chi connectivity index (χ1) is 8.15. The molecule has 1 saturated carbocycles. The SMILES string of the molecule is Cc1ccc2c(c1)nc(C)n2[C@H]1CC[C@H](N)C1.Cl. The lowest BCUT2D eigenvalue weighted by atomic mass is 10.2. The normalized spacial score (nSPS) is 23.3. The van der Waals surface area contributed by atoms with Crippen LogP contribution in [0.4, 0.5) is 0 Å². The second-order valence-corrected chi connectivity index (χ2v) is 5.25. The summed E-state index contributed by atoms with van der Waals surface area (Å²) in [6.07, 6.45) is 3.40. The molecule has 0 spiro atoms. The van der Waals surface area contributed by atoms with E-state index in [1.807, 2.05) is 0 Å². The first-order valence-corrected chi connectivity index (χ1v) is 6.36. The number of aromatic nitrogens is 2. The minimum Gasteiger partial charge on any atom is -0.328 e. The molecule has 1 aliphatic carbocycles. The number of fused-ring (bicyclic) bond motifs is 1. The van der Waals surface area contributed by atoms with Gasteiger partial charge in [-0.25, -0.2) is 4.98 Å². The van der Waals surface area contributed by atoms with E-state index in [1.165, 1.54) is 17.5 Å². The number of aryl methyl sites for hydroxylation is 2. The summed E-state index contributed by atoms with van der Waals surface area (Å²) in [5, 5.41) is 0. The topological polar surface area (TPSA) is 43.8 Å². The lowest BCUT2D eigenvalue weighted by molar-refractivity contribution is 0.511. The third-order valence-electron chi connectivity index (χ3n) is 3.83. The number of benzene rings is 1. The van der Waals surface area contributed by atoms with Crippen molar-refractivity contribution in [1.29, 1.82) is 0 Å². The molecule has 3 rings (SSSR count). The van der Waals surface area contributed by atoms with E-state index in [9.17, 15) is 0 Å². The third-order valence-corrected chi connectivity index (χ3v) is 3.83. The van der Waals surface area contributed by atoms with Crippen molar-refractivity contribution >= 4 is 23.4 Å². The van der Waals surface area contributed by atoms with Gasteiger partial charge in [0, 0.05) is 12.1 Å². The van der Waals surface area contributed by atoms with Gasteiger partial charge in [-0.1, -0.05) is 6.07 Å². The fourth-order valence-electron chi connectivity index (χ4n) is 3.02. The standard InChI is InChI=1S/C14H19N3.ClH/c1-9-3-6-14-13(7-9)16-10(2)17(14)12-5-4-11(15)8-12;/h3,6-7,11-12H,4-5,8,15H2,1-2H3;1H/t11-,12-;/m0./s1. The van der Waals surface area contributed by atoms with Crippen molar-refractivity contribution in [3.05, 3.63) is 29.6 Å². The van der Waals surface area contributed by atoms with Gasteiger partial charge in [0.2, 0.25) is 0 Å². The summed E-state index contributed by atoms with van der Waals surface area (Å²) in [5.41, 5.74) is 9.66. The van der Waals surface area contributed by atoms with Crippen molar-refractivity contribution in [2.45, 2.75) is 45.2 Å². The summed E-state index contributed by atoms with van der Waals surface area (Å²) in [6.45, 7) is 4.21. The van der Waals surface area contributed by atoms with Crippen molar-refractivity contribution in [3.8, 4) is 0 Å². The maximum Gasteiger partial charge on any atom is 0.106 e. The summed E-state index contributed by atoms with van der Waals surface area (Å²) in [7, 11) is 0. The molecule has 0 bridgehead atoms. The maximum absolute atomic E-state index is 6.02. The number of imidazole rings is 1. The molecule has 1 aromatic carbocycles. The number of rotatable bonds is 1. The third kappa shape index (κ3) is 2.13. The van der Waals surface area contributed by atoms with E-state index in [0.717, 1.165) is 24.2 Å². The molecule has 98 valence electrons. The van der Waals surface area contributed by atoms with Crippen LogP contribution in [0.15, 0.2) is 18.2 Å². The Hall–Kier alpha value is -1.06. The Morgan fingerprint density at radius 3 is 2.72 bits per heavy atom. The van der Waals surface area contributed by atoms with Crippen LogP contribution in [-0.2, 0) is 0 Å². The first-order valence-electron chi connectivity index (χ1n) is 6.36. The van der Waals surface area contributed by atoms with Gasteiger partial charge in [0.05, 0.1) is 11.0 Å². The van der Waals surface area contributed by atoms with E-state index in [0.29, 0.717) is 12.1 Å². The highest BCUT2D eigenvalue weighted by Crippen LogP contribution is 2.33. The highest BCUT2D eigenvalue weighted by molar-refractivity contribution is 5.85. The van der Waals surface area contributed by atoms with Crippen molar-refractivity contribution in [2.24, 2.45) is 5.73 Å². The summed E-state index contributed by atoms with van der Waals surface area (Å²) in [6, 6.07) is 7.41. The van der Waals surface area contributed by atoms with Gasteiger partial charge in [-0.3, -0.25) is 0 Å². The van der Waals surface area contributed by atoms with Crippen LogP contribution in [0.3, 0.4) is 0 Å². The van der Waals surface area contributed by atoms with E-state index in [-0.39, 0.29) is 12.4 Å². The largest absolute Gasteiger partial charge is 0.328 e. The van der Waals surface area contributed by atoms with E-state index < -0.39 is 0 Å². The zero-order valence-electron chi connectivity index (χ0n) is 10.9. The van der Waals surface area contributed by atoms with Crippen LogP contribution in [0.2, 0.25) is 0 Å². The summed E-state index contributed by atoms with van der Waals surface area (Å²) >= 11 is 0. The molecule has 2 aromatic rings. The van der Waals surface area contributed by atoms with Gasteiger partial charge in [-0.05, 0) is 50.8 Å². The van der Waals surface area contributed by atoms with Gasteiger partial charge in [-0.2, -0.15) is 0 Å². The summed E-state index contributed by atoms with van der Waals surface area (Å²) in [4.78, 5) is 4.67. The van der Waals surface area contributed by atoms with Crippen molar-refractivity contribution < 1.29 is 0 Å². The Kier molecular flexibility index (Phi) is 3.64. The molecule has 3 nitrogen and oxygen atoms in total. The second-order valence-electron chi connectivity index (χ2n) is 5.25. The maximum atomic E-state index is 6.02. The second kappa shape index (κ2) is 4.90. The van der Waals surface area contributed by atoms with E-state index in [2.05, 4.69) is 41.6 Å². The van der Waals surface area contributed by atoms with Crippen molar-refractivity contribution in [1.82, 2.24) is 9.55 Å². The number of halogens is 1. The molecule has 0 saturated heterocycles. The highest BCUT2D eigenvalue weighted by atomic mass is 35.5. The van der Waals surface area contributed by atoms with E-state index in [4.69, 9.17) is 5.73 Å². The van der Waals surface area contributed by atoms with Gasteiger partial charge < -0.3 is 10.3 Å². The Labute approximate surface area is 114 Å². The molecule has 4 heteroatoms. The molecular formula is C14H20ClN3. The fraction of sp³-hybridized carbons (Fsp3) is 0.500. The van der Waals surface area contributed by atoms with Gasteiger partial charge in [0.15, 0.2) is 0 Å². The Morgan fingerprint density at radius 2 is 2.06 bits per heavy atom. The minimum atomic E-state index is 0. The summed E-state index contributed by atoms with van der Waals surface area (Å²) in [5.74, 6) is 1.12. The molecule has 0 amide bonds. The average molecular weight is 266 g/mol. The molecule has 1 aliphatic rings. The average Bonchev–Trinajstić information content (AvgIpc) is 2.80. The van der Waals surface area contributed by atoms with Crippen LogP contribution in [0.25, 0.3) is 11.0 Å². The molecule has 0 aliphatic heterocycles. The Morgan fingerprint density at radius 1 is 1.28 bits per heavy atom. The monoisotopic (exact) mass is 265 g/mol. The minimum absolute atomic E-state index is 0. The lowest BCUT2D eigenvalue weighted by Gasteiger charge is -2.15. The van der Waals surface area contributed by atoms with Crippen LogP contribution >= 0.6 is 12.4 Å². The van der Waals surface area contributed by atoms with Crippen molar-refractivity contribution in [3.63, 3.8) is 0 Å². The smallest absolute Gasteiger partial charge is 0.106 e. The molecule has 2 N–H and O–H groups in total. The fourth-order valence-corrected chi connectivity index (χ4v) is 3.02. The van der Waals surface area contributed by atoms with Crippen LogP contribution in [0, 0.1) is 13.8 Å². The summed E-state index contributed by atoms with van der Waals surface area (Å²) < 4.78 is 2.38. The van der Waals surface area contributed by atoms with Crippen LogP contribution in [-0.4, -0.2) is 15.6 Å². The van der Waals surface area contributed by atoms with Crippen molar-refractivity contribution in [2.75, 3.05) is 0 Å². The number of hydrogen-bond acceptors (Lipinski definition) is 2. The molecule has 1 fully saturated rings. The van der Waals surface area contributed by atoms with Gasteiger partial charge in [0.25, 0.3) is 0 Å². The predicted octanol–water partition coefficient (Wildman–Crippen LogP) is 3.13. The molecular weight excluding hydrogens is 246 g/mol. The van der Waals surface area contributed by atoms with E-state index >= 15 is 0 Å². The molecule has 2 atom stereocenters. The van der Waals surface area contributed by atoms with E-state index in [1.54, 1.807) is 0 Å². The Balaban J connectivity index is 0.00000120. The predicted molar refractivity (Wildman–Crippen MR) is 77.3 cm³/mol. The lowest BCUT2D eigenvalue weighted by Crippen LogP contribution is -2.16. The van der Waals surface area contributed by atoms with Crippen LogP contribution in [0.1, 0.15) is 36.7 Å². The van der Waals surface area contributed by atoms with Crippen LogP contribution < -0.4 is 5.73 Å². The number of hydrogen-bond donors (Lipinski definition) is 1. The zero-order valence-corrected chi connectivity index (χ0v) is 11.7. The van der Waals surface area contributed by atoms with Crippen LogP contribution in [0.5, 0.6) is 0 Å². The molecule has 0 unspecified atom stereocenters. The quantitative estimate of drug-likeness (QED) is 0.861. The first kappa shape index (κ1) is 13.4. The number of nitrogens with zero attached hydrogens (tertiary/aromatic N) is 2. The van der Waals surface area contributed by atoms with Gasteiger partial charge in [-0.15, -0.1) is 12.4 Å². The number of nitrogens with two attached hydrogens (primary N) is 1. The molecule has 0 radical (unpaired) electrons.